The molecule has 0 heterocycles. The van der Waals surface area contributed by atoms with Gasteiger partial charge in [-0.25, -0.2) is 0 Å². The molecule has 2 N–H and O–H groups in total. The normalized spacial score (nSPS) is 12.6. The quantitative estimate of drug-likeness (QED) is 0.679. The van der Waals surface area contributed by atoms with Crippen LogP contribution in [-0.4, -0.2) is 40.7 Å². The van der Waals surface area contributed by atoms with Crippen LogP contribution in [0.3, 0.4) is 0 Å². The monoisotopic (exact) mass is 316 g/mol. The zero-order chi connectivity index (χ0) is 16.6. The lowest BCUT2D eigenvalue weighted by molar-refractivity contribution is -0.126. The summed E-state index contributed by atoms with van der Waals surface area (Å²) in [7, 11) is 0. The highest BCUT2D eigenvalue weighted by Crippen LogP contribution is 2.17. The summed E-state index contributed by atoms with van der Waals surface area (Å²) >= 11 is 1.24. The minimum absolute atomic E-state index is 0.00885. The first-order valence-corrected chi connectivity index (χ1v) is 8.42. The van der Waals surface area contributed by atoms with Gasteiger partial charge in [-0.1, -0.05) is 13.8 Å². The molecular weight excluding hydrogens is 288 g/mol. The Balaban J connectivity index is 4.64. The summed E-state index contributed by atoms with van der Waals surface area (Å²) < 4.78 is 0. The van der Waals surface area contributed by atoms with E-state index in [2.05, 4.69) is 10.6 Å². The van der Waals surface area contributed by atoms with Crippen molar-refractivity contribution in [3.05, 3.63) is 0 Å². The zero-order valence-electron chi connectivity index (χ0n) is 13.9. The summed E-state index contributed by atoms with van der Waals surface area (Å²) in [5, 5.41) is 5.04. The maximum absolute atomic E-state index is 12.1. The number of nitrogens with one attached hydrogen (secondary N) is 2. The Morgan fingerprint density at radius 2 is 1.43 bits per heavy atom. The van der Waals surface area contributed by atoms with E-state index in [0.717, 1.165) is 0 Å². The van der Waals surface area contributed by atoms with Gasteiger partial charge < -0.3 is 10.6 Å². The molecule has 0 rings (SSSR count). The van der Waals surface area contributed by atoms with Crippen molar-refractivity contribution in [2.45, 2.75) is 65.3 Å². The van der Waals surface area contributed by atoms with Crippen molar-refractivity contribution in [2.75, 3.05) is 5.75 Å². The van der Waals surface area contributed by atoms with Crippen LogP contribution < -0.4 is 10.6 Å². The van der Waals surface area contributed by atoms with Crippen LogP contribution in [0.1, 0.15) is 48.0 Å². The Kier molecular flexibility index (Phi) is 9.33. The number of hydrogen-bond acceptors (Lipinski definition) is 4. The van der Waals surface area contributed by atoms with Crippen molar-refractivity contribution >= 4 is 29.4 Å². The third-order valence-corrected chi connectivity index (χ3v) is 3.85. The van der Waals surface area contributed by atoms with Crippen molar-refractivity contribution in [2.24, 2.45) is 5.92 Å². The fraction of sp³-hybridized carbons (Fsp3) is 0.800. The zero-order valence-corrected chi connectivity index (χ0v) is 14.7. The van der Waals surface area contributed by atoms with E-state index in [9.17, 15) is 14.4 Å². The number of Topliss-reactive ketones (excluding diaryl/α,β-unsaturated/α-hetero) is 1. The molecule has 0 spiro atoms. The van der Waals surface area contributed by atoms with Crippen LogP contribution in [0.25, 0.3) is 0 Å². The van der Waals surface area contributed by atoms with E-state index >= 15 is 0 Å². The first kappa shape index (κ1) is 20.0. The van der Waals surface area contributed by atoms with Crippen molar-refractivity contribution in [3.8, 4) is 0 Å². The molecule has 6 heteroatoms. The summed E-state index contributed by atoms with van der Waals surface area (Å²) in [6, 6.07) is 0.0446. The van der Waals surface area contributed by atoms with E-state index < -0.39 is 5.25 Å². The van der Waals surface area contributed by atoms with Crippen molar-refractivity contribution in [1.82, 2.24) is 10.6 Å². The van der Waals surface area contributed by atoms with Gasteiger partial charge in [0.25, 0.3) is 0 Å². The van der Waals surface area contributed by atoms with Gasteiger partial charge in [-0.3, -0.25) is 14.4 Å². The van der Waals surface area contributed by atoms with Gasteiger partial charge in [0.1, 0.15) is 5.78 Å². The van der Waals surface area contributed by atoms with Crippen LogP contribution in [-0.2, 0) is 14.4 Å². The third kappa shape index (κ3) is 9.50. The second-order valence-electron chi connectivity index (χ2n) is 6.01. The van der Waals surface area contributed by atoms with Gasteiger partial charge in [-0.2, -0.15) is 0 Å². The summed E-state index contributed by atoms with van der Waals surface area (Å²) in [5.74, 6) is -0.0747. The highest BCUT2D eigenvalue weighted by Gasteiger charge is 2.24. The molecule has 0 aliphatic carbocycles. The molecule has 0 aliphatic heterocycles. The van der Waals surface area contributed by atoms with Gasteiger partial charge in [0.05, 0.1) is 11.0 Å². The lowest BCUT2D eigenvalue weighted by atomic mass is 10.1. The molecule has 5 nitrogen and oxygen atoms in total. The highest BCUT2D eigenvalue weighted by molar-refractivity contribution is 8.01. The number of carbonyl (C=O) groups is 3. The molecule has 0 aliphatic rings. The smallest absolute Gasteiger partial charge is 0.233 e. The molecule has 0 fully saturated rings. The van der Waals surface area contributed by atoms with Gasteiger partial charge in [-0.05, 0) is 27.7 Å². The van der Waals surface area contributed by atoms with Crippen molar-refractivity contribution in [3.63, 3.8) is 0 Å². The summed E-state index contributed by atoms with van der Waals surface area (Å²) in [6.45, 7) is 11.1. The average molecular weight is 316 g/mol. The van der Waals surface area contributed by atoms with Crippen molar-refractivity contribution in [1.29, 1.82) is 0 Å². The Morgan fingerprint density at radius 1 is 0.905 bits per heavy atom. The fourth-order valence-corrected chi connectivity index (χ4v) is 2.69. The Labute approximate surface area is 132 Å². The Hall–Kier alpha value is -1.04. The molecule has 0 bridgehead atoms. The SMILES string of the molecule is CC(C)NC(=O)CC(SCC(=O)C(C)C)C(=O)NC(C)C. The second-order valence-corrected chi connectivity index (χ2v) is 7.20. The van der Waals surface area contributed by atoms with E-state index in [0.29, 0.717) is 0 Å². The highest BCUT2D eigenvalue weighted by atomic mass is 32.2. The van der Waals surface area contributed by atoms with Crippen LogP contribution >= 0.6 is 11.8 Å². The largest absolute Gasteiger partial charge is 0.354 e. The molecule has 0 aromatic heterocycles. The Morgan fingerprint density at radius 3 is 1.86 bits per heavy atom. The van der Waals surface area contributed by atoms with Crippen LogP contribution in [0.2, 0.25) is 0 Å². The molecule has 122 valence electrons. The number of hydrogen-bond donors (Lipinski definition) is 2. The molecule has 0 saturated heterocycles. The maximum Gasteiger partial charge on any atom is 0.233 e. The van der Waals surface area contributed by atoms with Gasteiger partial charge in [0.15, 0.2) is 0 Å². The second kappa shape index (κ2) is 9.82. The molecule has 21 heavy (non-hydrogen) atoms. The lowest BCUT2D eigenvalue weighted by Gasteiger charge is -2.19. The van der Waals surface area contributed by atoms with Gasteiger partial charge in [-0.15, -0.1) is 11.8 Å². The molecule has 0 aromatic rings. The van der Waals surface area contributed by atoms with Gasteiger partial charge in [0, 0.05) is 24.4 Å². The fourth-order valence-electron chi connectivity index (χ4n) is 1.50. The predicted octanol–water partition coefficient (Wildman–Crippen LogP) is 1.75. The summed E-state index contributed by atoms with van der Waals surface area (Å²) in [4.78, 5) is 35.7. The molecule has 2 amide bonds. The number of rotatable bonds is 9. The van der Waals surface area contributed by atoms with E-state index in [1.54, 1.807) is 0 Å². The molecule has 0 saturated carbocycles. The van der Waals surface area contributed by atoms with E-state index in [-0.39, 0.29) is 47.8 Å². The molecule has 0 aromatic carbocycles. The van der Waals surface area contributed by atoms with E-state index in [4.69, 9.17) is 0 Å². The Bertz CT molecular complexity index is 368. The van der Waals surface area contributed by atoms with Crippen LogP contribution in [0, 0.1) is 5.92 Å². The van der Waals surface area contributed by atoms with Gasteiger partial charge >= 0.3 is 0 Å². The predicted molar refractivity (Wildman–Crippen MR) is 87.3 cm³/mol. The minimum Gasteiger partial charge on any atom is -0.354 e. The van der Waals surface area contributed by atoms with Crippen LogP contribution in [0.4, 0.5) is 0 Å². The minimum atomic E-state index is -0.533. The molecule has 0 radical (unpaired) electrons. The first-order valence-electron chi connectivity index (χ1n) is 7.37. The van der Waals surface area contributed by atoms with Crippen molar-refractivity contribution < 1.29 is 14.4 Å². The third-order valence-electron chi connectivity index (χ3n) is 2.61. The van der Waals surface area contributed by atoms with Crippen LogP contribution in [0.15, 0.2) is 0 Å². The standard InChI is InChI=1S/C15H28N2O3S/c1-9(2)12(18)8-21-13(15(20)17-11(5)6)7-14(19)16-10(3)4/h9-11,13H,7-8H2,1-6H3,(H,16,19)(H,17,20). The average Bonchev–Trinajstić information content (AvgIpc) is 2.31. The number of carbonyl (C=O) groups excluding carboxylic acids is 3. The lowest BCUT2D eigenvalue weighted by Crippen LogP contribution is -2.41. The maximum atomic E-state index is 12.1. The van der Waals surface area contributed by atoms with Crippen LogP contribution in [0.5, 0.6) is 0 Å². The molecular formula is C15H28N2O3S. The first-order chi connectivity index (χ1) is 9.63. The number of amides is 2. The van der Waals surface area contributed by atoms with E-state index in [1.165, 1.54) is 11.8 Å². The van der Waals surface area contributed by atoms with E-state index in [1.807, 2.05) is 41.5 Å². The molecule has 1 unspecified atom stereocenters. The van der Waals surface area contributed by atoms with Gasteiger partial charge in [0.2, 0.25) is 11.8 Å². The molecule has 1 atom stereocenters. The summed E-state index contributed by atoms with van der Waals surface area (Å²) in [6.07, 6.45) is 0.0901. The topological polar surface area (TPSA) is 75.3 Å². The summed E-state index contributed by atoms with van der Waals surface area (Å²) in [5.41, 5.74) is 0. The number of ketones is 1. The number of thioether (sulfide) groups is 1.